The number of nitrogens with zero attached hydrogens (tertiary/aromatic N) is 1. The van der Waals surface area contributed by atoms with Crippen LogP contribution in [0, 0.1) is 0 Å². The van der Waals surface area contributed by atoms with Crippen LogP contribution in [-0.2, 0) is 13.3 Å². The molecule has 0 aromatic heterocycles. The van der Waals surface area contributed by atoms with Gasteiger partial charge in [0.1, 0.15) is 0 Å². The smallest absolute Gasteiger partial charge is 0.377 e. The summed E-state index contributed by atoms with van der Waals surface area (Å²) in [5, 5.41) is 0. The zero-order chi connectivity index (χ0) is 21.8. The molecule has 0 atom stereocenters. The van der Waals surface area contributed by atoms with Crippen LogP contribution in [0.3, 0.4) is 0 Å². The van der Waals surface area contributed by atoms with E-state index in [0.717, 1.165) is 16.9 Å². The molecule has 0 aliphatic rings. The second-order valence-electron chi connectivity index (χ2n) is 9.38. The van der Waals surface area contributed by atoms with Gasteiger partial charge in [0.25, 0.3) is 0 Å². The van der Waals surface area contributed by atoms with E-state index in [2.05, 4.69) is 21.0 Å². The molecule has 0 radical (unpaired) electrons. The van der Waals surface area contributed by atoms with E-state index in [4.69, 9.17) is 13.3 Å². The van der Waals surface area contributed by atoms with Crippen molar-refractivity contribution in [1.29, 1.82) is 0 Å². The van der Waals surface area contributed by atoms with Gasteiger partial charge in [-0.25, -0.2) is 0 Å². The van der Waals surface area contributed by atoms with Crippen molar-refractivity contribution in [2.45, 2.75) is 109 Å². The van der Waals surface area contributed by atoms with Crippen molar-refractivity contribution in [2.24, 2.45) is 0 Å². The molecule has 0 N–H and O–H groups in total. The van der Waals surface area contributed by atoms with Crippen LogP contribution >= 0.6 is 0 Å². The van der Waals surface area contributed by atoms with Crippen LogP contribution in [0.4, 0.5) is 0 Å². The standard InChI is InChI=1S/C24H54NO3Si/c1-7-8-9-10-11-12-13-14-15-16-17-19-22-25(2,3)23-20-18-21-24-29(26-4,27-5)28-6/h7-24H2,1-6H3/q+1. The van der Waals surface area contributed by atoms with Crippen LogP contribution in [0.25, 0.3) is 0 Å². The predicted molar refractivity (Wildman–Crippen MR) is 128 cm³/mol. The van der Waals surface area contributed by atoms with E-state index in [1.54, 1.807) is 21.3 Å². The molecule has 176 valence electrons. The first-order chi connectivity index (χ1) is 13.9. The van der Waals surface area contributed by atoms with Gasteiger partial charge in [-0.2, -0.15) is 0 Å². The molecule has 29 heavy (non-hydrogen) atoms. The van der Waals surface area contributed by atoms with Gasteiger partial charge in [-0.05, 0) is 32.1 Å². The third-order valence-electron chi connectivity index (χ3n) is 6.30. The van der Waals surface area contributed by atoms with Crippen molar-refractivity contribution in [3.63, 3.8) is 0 Å². The van der Waals surface area contributed by atoms with Gasteiger partial charge >= 0.3 is 8.80 Å². The summed E-state index contributed by atoms with van der Waals surface area (Å²) in [4.78, 5) is 0. The minimum atomic E-state index is -2.37. The molecule has 0 rings (SSSR count). The monoisotopic (exact) mass is 432 g/mol. The number of hydrogen-bond donors (Lipinski definition) is 0. The molecule has 0 saturated carbocycles. The maximum absolute atomic E-state index is 5.50. The zero-order valence-electron chi connectivity index (χ0n) is 20.9. The van der Waals surface area contributed by atoms with E-state index in [9.17, 15) is 0 Å². The average Bonchev–Trinajstić information content (AvgIpc) is 2.72. The van der Waals surface area contributed by atoms with Crippen molar-refractivity contribution in [3.8, 4) is 0 Å². The maximum atomic E-state index is 5.50. The van der Waals surface area contributed by atoms with Gasteiger partial charge in [-0.3, -0.25) is 0 Å². The summed E-state index contributed by atoms with van der Waals surface area (Å²) >= 11 is 0. The fraction of sp³-hybridized carbons (Fsp3) is 1.00. The molecule has 0 aliphatic carbocycles. The van der Waals surface area contributed by atoms with Crippen LogP contribution in [0.2, 0.25) is 6.04 Å². The Balaban J connectivity index is 3.55. The first kappa shape index (κ1) is 29.1. The zero-order valence-corrected chi connectivity index (χ0v) is 21.9. The highest BCUT2D eigenvalue weighted by Crippen LogP contribution is 2.18. The number of hydrogen-bond acceptors (Lipinski definition) is 3. The fourth-order valence-corrected chi connectivity index (χ4v) is 5.90. The van der Waals surface area contributed by atoms with Gasteiger partial charge in [0.15, 0.2) is 0 Å². The molecule has 0 bridgehead atoms. The molecular formula is C24H54NO3Si+. The molecule has 5 heteroatoms. The van der Waals surface area contributed by atoms with Crippen LogP contribution in [-0.4, -0.2) is 61.8 Å². The summed E-state index contributed by atoms with van der Waals surface area (Å²) in [7, 11) is 7.51. The Bertz CT molecular complexity index is 341. The van der Waals surface area contributed by atoms with E-state index in [1.165, 1.54) is 103 Å². The van der Waals surface area contributed by atoms with Crippen molar-refractivity contribution in [1.82, 2.24) is 0 Å². The fourth-order valence-electron chi connectivity index (χ4n) is 4.11. The molecule has 0 heterocycles. The Hall–Kier alpha value is 0.0569. The summed E-state index contributed by atoms with van der Waals surface area (Å²) in [6.45, 7) is 4.87. The highest BCUT2D eigenvalue weighted by atomic mass is 28.4. The van der Waals surface area contributed by atoms with Crippen LogP contribution in [0.5, 0.6) is 0 Å². The molecule has 0 aromatic rings. The highest BCUT2D eigenvalue weighted by molar-refractivity contribution is 6.60. The number of rotatable bonds is 22. The molecule has 0 spiro atoms. The Kier molecular flexibility index (Phi) is 18.8. The Morgan fingerprint density at radius 1 is 0.517 bits per heavy atom. The summed E-state index contributed by atoms with van der Waals surface area (Å²) in [6, 6.07) is 0.919. The first-order valence-electron chi connectivity index (χ1n) is 12.4. The average molecular weight is 433 g/mol. The minimum Gasteiger partial charge on any atom is -0.377 e. The SMILES string of the molecule is CCCCCCCCCCCCCC[N+](C)(C)CCCCC[Si](OC)(OC)OC. The molecular weight excluding hydrogens is 378 g/mol. The topological polar surface area (TPSA) is 27.7 Å². The third kappa shape index (κ3) is 16.4. The number of unbranched alkanes of at least 4 members (excludes halogenated alkanes) is 13. The lowest BCUT2D eigenvalue weighted by molar-refractivity contribution is -0.890. The molecule has 4 nitrogen and oxygen atoms in total. The van der Waals surface area contributed by atoms with Crippen molar-refractivity contribution >= 4 is 8.80 Å². The van der Waals surface area contributed by atoms with E-state index in [-0.39, 0.29) is 0 Å². The summed E-state index contributed by atoms with van der Waals surface area (Å²) in [6.07, 6.45) is 20.7. The Morgan fingerprint density at radius 2 is 0.862 bits per heavy atom. The van der Waals surface area contributed by atoms with E-state index < -0.39 is 8.80 Å². The van der Waals surface area contributed by atoms with Gasteiger partial charge in [0, 0.05) is 27.4 Å². The quantitative estimate of drug-likeness (QED) is 0.107. The van der Waals surface area contributed by atoms with Gasteiger partial charge in [-0.15, -0.1) is 0 Å². The van der Waals surface area contributed by atoms with Gasteiger partial charge in [0.2, 0.25) is 0 Å². The molecule has 0 aliphatic heterocycles. The lowest BCUT2D eigenvalue weighted by atomic mass is 10.1. The summed E-state index contributed by atoms with van der Waals surface area (Å²) < 4.78 is 17.7. The van der Waals surface area contributed by atoms with Crippen molar-refractivity contribution in [2.75, 3.05) is 48.5 Å². The molecule has 0 fully saturated rings. The molecule has 0 aromatic carbocycles. The first-order valence-corrected chi connectivity index (χ1v) is 14.4. The molecule has 0 saturated heterocycles. The van der Waals surface area contributed by atoms with E-state index in [1.807, 2.05) is 0 Å². The summed E-state index contributed by atoms with van der Waals surface area (Å²) in [5.41, 5.74) is 0. The molecule has 0 amide bonds. The largest absolute Gasteiger partial charge is 0.500 e. The minimum absolute atomic E-state index is 0.919. The van der Waals surface area contributed by atoms with E-state index >= 15 is 0 Å². The Morgan fingerprint density at radius 3 is 1.24 bits per heavy atom. The van der Waals surface area contributed by atoms with Crippen molar-refractivity contribution in [3.05, 3.63) is 0 Å². The maximum Gasteiger partial charge on any atom is 0.500 e. The lowest BCUT2D eigenvalue weighted by Crippen LogP contribution is -2.43. The van der Waals surface area contributed by atoms with Gasteiger partial charge in [-0.1, -0.05) is 71.1 Å². The third-order valence-corrected chi connectivity index (χ3v) is 9.13. The van der Waals surface area contributed by atoms with Crippen molar-refractivity contribution < 1.29 is 17.8 Å². The second-order valence-corrected chi connectivity index (χ2v) is 12.5. The predicted octanol–water partition coefficient (Wildman–Crippen LogP) is 6.81. The lowest BCUT2D eigenvalue weighted by Gasteiger charge is -2.30. The summed E-state index contributed by atoms with van der Waals surface area (Å²) in [5.74, 6) is 0. The van der Waals surface area contributed by atoms with Crippen LogP contribution in [0.1, 0.15) is 103 Å². The number of quaternary nitrogens is 1. The Labute approximate surface area is 184 Å². The molecule has 0 unspecified atom stereocenters. The van der Waals surface area contributed by atoms with E-state index in [0.29, 0.717) is 0 Å². The normalized spacial score (nSPS) is 12.6. The van der Waals surface area contributed by atoms with Gasteiger partial charge in [0.05, 0.1) is 27.2 Å². The van der Waals surface area contributed by atoms with Crippen LogP contribution < -0.4 is 0 Å². The van der Waals surface area contributed by atoms with Gasteiger partial charge < -0.3 is 17.8 Å². The highest BCUT2D eigenvalue weighted by Gasteiger charge is 2.36. The van der Waals surface area contributed by atoms with Crippen LogP contribution in [0.15, 0.2) is 0 Å². The second kappa shape index (κ2) is 18.8.